The lowest BCUT2D eigenvalue weighted by atomic mass is 10.00. The Balaban J connectivity index is 5.19. The molecule has 0 aliphatic carbocycles. The SMILES string of the molecule is CCCCCCCCCCCCCCCCCCCCCCCC(=O)O[C@H](COC(=O)CCCCCCCCCCCCCCCC)COP(=O)(O)OC[C@@H](O)COP(=O)(O)OC[C@@H](COC(=O)CCCCCCCCCCCC)OC(=O)CCCCCCCCC(C)CC. The monoisotopic (exact) mass is 1400 g/mol. The van der Waals surface area contributed by atoms with Crippen molar-refractivity contribution in [3.05, 3.63) is 0 Å². The van der Waals surface area contributed by atoms with E-state index in [1.54, 1.807) is 0 Å². The van der Waals surface area contributed by atoms with Crippen LogP contribution in [-0.2, 0) is 65.4 Å². The maximum absolute atomic E-state index is 13.1. The van der Waals surface area contributed by atoms with Crippen LogP contribution >= 0.6 is 15.6 Å². The van der Waals surface area contributed by atoms with E-state index in [9.17, 15) is 43.2 Å². The van der Waals surface area contributed by atoms with E-state index in [-0.39, 0.29) is 25.7 Å². The van der Waals surface area contributed by atoms with Crippen LogP contribution in [0.2, 0.25) is 0 Å². The lowest BCUT2D eigenvalue weighted by Gasteiger charge is -2.21. The number of hydrogen-bond acceptors (Lipinski definition) is 15. The predicted octanol–water partition coefficient (Wildman–Crippen LogP) is 22.5. The molecule has 6 atom stereocenters. The highest BCUT2D eigenvalue weighted by atomic mass is 31.2. The maximum atomic E-state index is 13.1. The maximum Gasteiger partial charge on any atom is 0.472 e. The molecule has 0 fully saturated rings. The minimum atomic E-state index is -4.96. The zero-order chi connectivity index (χ0) is 69.8. The van der Waals surface area contributed by atoms with Crippen molar-refractivity contribution in [3.63, 3.8) is 0 Å². The van der Waals surface area contributed by atoms with Crippen LogP contribution in [0, 0.1) is 5.92 Å². The molecule has 0 aromatic heterocycles. The van der Waals surface area contributed by atoms with Crippen LogP contribution in [0.3, 0.4) is 0 Å². The first-order valence-corrected chi connectivity index (χ1v) is 42.7. The smallest absolute Gasteiger partial charge is 0.462 e. The Morgan fingerprint density at radius 2 is 0.505 bits per heavy atom. The fourth-order valence-corrected chi connectivity index (χ4v) is 13.3. The van der Waals surface area contributed by atoms with Crippen LogP contribution in [0.5, 0.6) is 0 Å². The summed E-state index contributed by atoms with van der Waals surface area (Å²) in [6, 6.07) is 0. The molecule has 0 saturated carbocycles. The number of phosphoric acid groups is 2. The molecule has 3 unspecified atom stereocenters. The van der Waals surface area contributed by atoms with Crippen molar-refractivity contribution in [1.29, 1.82) is 0 Å². The first-order chi connectivity index (χ1) is 46.1. The average Bonchev–Trinajstić information content (AvgIpc) is 1.49. The quantitative estimate of drug-likeness (QED) is 0.0222. The van der Waals surface area contributed by atoms with E-state index >= 15 is 0 Å². The number of esters is 4. The molecular weight excluding hydrogens is 1250 g/mol. The molecule has 0 saturated heterocycles. The Kier molecular flexibility index (Phi) is 67.7. The van der Waals surface area contributed by atoms with E-state index in [1.165, 1.54) is 225 Å². The van der Waals surface area contributed by atoms with Gasteiger partial charge in [0.25, 0.3) is 0 Å². The molecular formula is C76H148O17P2. The van der Waals surface area contributed by atoms with E-state index in [4.69, 9.17) is 37.0 Å². The van der Waals surface area contributed by atoms with Gasteiger partial charge in [-0.1, -0.05) is 349 Å². The summed E-state index contributed by atoms with van der Waals surface area (Å²) >= 11 is 0. The van der Waals surface area contributed by atoms with Gasteiger partial charge < -0.3 is 33.8 Å². The van der Waals surface area contributed by atoms with Gasteiger partial charge in [0, 0.05) is 25.7 Å². The van der Waals surface area contributed by atoms with Crippen LogP contribution in [0.4, 0.5) is 0 Å². The number of ether oxygens (including phenoxy) is 4. The van der Waals surface area contributed by atoms with Gasteiger partial charge in [0.15, 0.2) is 12.2 Å². The van der Waals surface area contributed by atoms with Crippen LogP contribution in [0.15, 0.2) is 0 Å². The molecule has 0 aliphatic heterocycles. The van der Waals surface area contributed by atoms with Crippen molar-refractivity contribution in [1.82, 2.24) is 0 Å². The van der Waals surface area contributed by atoms with E-state index in [2.05, 4.69) is 34.6 Å². The number of carbonyl (C=O) groups excluding carboxylic acids is 4. The van der Waals surface area contributed by atoms with Crippen molar-refractivity contribution >= 4 is 39.5 Å². The number of rotatable bonds is 76. The Morgan fingerprint density at radius 3 is 0.747 bits per heavy atom. The molecule has 95 heavy (non-hydrogen) atoms. The number of hydrogen-bond donors (Lipinski definition) is 3. The number of unbranched alkanes of at least 4 members (excludes halogenated alkanes) is 47. The third kappa shape index (κ3) is 69.0. The normalized spacial score (nSPS) is 14.2. The fraction of sp³-hybridized carbons (Fsp3) is 0.947. The summed E-state index contributed by atoms with van der Waals surface area (Å²) in [6.45, 7) is 7.23. The summed E-state index contributed by atoms with van der Waals surface area (Å²) in [5.41, 5.74) is 0. The van der Waals surface area contributed by atoms with Crippen LogP contribution in [0.1, 0.15) is 401 Å². The molecule has 0 bridgehead atoms. The third-order valence-corrected chi connectivity index (χ3v) is 20.0. The topological polar surface area (TPSA) is 237 Å². The summed E-state index contributed by atoms with van der Waals surface area (Å²) < 4.78 is 68.5. The molecule has 19 heteroatoms. The van der Waals surface area contributed by atoms with Crippen molar-refractivity contribution in [2.45, 2.75) is 419 Å². The number of aliphatic hydroxyl groups excluding tert-OH is 1. The third-order valence-electron chi connectivity index (χ3n) is 18.1. The number of phosphoric ester groups is 2. The van der Waals surface area contributed by atoms with Crippen molar-refractivity contribution < 1.29 is 80.2 Å². The molecule has 0 aromatic carbocycles. The van der Waals surface area contributed by atoms with E-state index in [0.717, 1.165) is 95.8 Å². The standard InChI is InChI=1S/C76H148O17P2/c1-6-10-13-16-19-22-25-27-29-30-31-32-33-34-35-37-39-42-45-51-56-61-75(80)92-71(65-86-74(79)60-55-50-44-41-38-36-28-26-23-20-17-14-11-7-2)67-90-94(82,83)88-63-70(77)64-89-95(84,85)91-68-72(93-76(81)62-57-52-47-46-48-53-58-69(5)9-4)66-87-73(78)59-54-49-43-40-24-21-18-15-12-8-3/h69-72,77H,6-68H2,1-5H3,(H,82,83)(H,84,85)/t69?,70-,71-,72-/m1/s1. The molecule has 0 heterocycles. The summed E-state index contributed by atoms with van der Waals surface area (Å²) in [4.78, 5) is 72.7. The second-order valence-electron chi connectivity index (χ2n) is 27.6. The van der Waals surface area contributed by atoms with Gasteiger partial charge in [-0.15, -0.1) is 0 Å². The summed E-state index contributed by atoms with van der Waals surface area (Å²) in [5, 5.41) is 10.6. The van der Waals surface area contributed by atoms with Gasteiger partial charge in [0.1, 0.15) is 19.3 Å². The second kappa shape index (κ2) is 69.2. The zero-order valence-electron chi connectivity index (χ0n) is 61.8. The highest BCUT2D eigenvalue weighted by molar-refractivity contribution is 7.47. The van der Waals surface area contributed by atoms with E-state index in [1.807, 2.05) is 0 Å². The lowest BCUT2D eigenvalue weighted by molar-refractivity contribution is -0.161. The van der Waals surface area contributed by atoms with Gasteiger partial charge in [-0.05, 0) is 31.6 Å². The van der Waals surface area contributed by atoms with Gasteiger partial charge in [0.2, 0.25) is 0 Å². The van der Waals surface area contributed by atoms with E-state index < -0.39 is 97.5 Å². The molecule has 17 nitrogen and oxygen atoms in total. The highest BCUT2D eigenvalue weighted by Gasteiger charge is 2.30. The van der Waals surface area contributed by atoms with Gasteiger partial charge in [0.05, 0.1) is 26.4 Å². The largest absolute Gasteiger partial charge is 0.472 e. The molecule has 0 rings (SSSR count). The molecule has 0 spiro atoms. The Hall–Kier alpha value is -1.94. The van der Waals surface area contributed by atoms with Crippen LogP contribution < -0.4 is 0 Å². The predicted molar refractivity (Wildman–Crippen MR) is 386 cm³/mol. The van der Waals surface area contributed by atoms with Gasteiger partial charge in [-0.3, -0.25) is 37.3 Å². The average molecular weight is 1400 g/mol. The second-order valence-corrected chi connectivity index (χ2v) is 30.5. The molecule has 0 aliphatic rings. The minimum Gasteiger partial charge on any atom is -0.462 e. The molecule has 3 N–H and O–H groups in total. The summed E-state index contributed by atoms with van der Waals surface area (Å²) in [6.07, 6.45) is 58.4. The zero-order valence-corrected chi connectivity index (χ0v) is 63.6. The van der Waals surface area contributed by atoms with E-state index in [0.29, 0.717) is 25.7 Å². The number of carbonyl (C=O) groups is 4. The highest BCUT2D eigenvalue weighted by Crippen LogP contribution is 2.45. The molecule has 564 valence electrons. The van der Waals surface area contributed by atoms with Crippen LogP contribution in [0.25, 0.3) is 0 Å². The van der Waals surface area contributed by atoms with Crippen molar-refractivity contribution in [3.8, 4) is 0 Å². The lowest BCUT2D eigenvalue weighted by Crippen LogP contribution is -2.30. The molecule has 0 amide bonds. The van der Waals surface area contributed by atoms with Gasteiger partial charge >= 0.3 is 39.5 Å². The molecule has 0 aromatic rings. The number of aliphatic hydroxyl groups is 1. The Morgan fingerprint density at radius 1 is 0.295 bits per heavy atom. The molecule has 0 radical (unpaired) electrons. The first-order valence-electron chi connectivity index (χ1n) is 39.7. The van der Waals surface area contributed by atoms with Gasteiger partial charge in [-0.25, -0.2) is 9.13 Å². The Labute approximate surface area is 581 Å². The minimum absolute atomic E-state index is 0.104. The fourth-order valence-electron chi connectivity index (χ4n) is 11.7. The summed E-state index contributed by atoms with van der Waals surface area (Å²) in [5.74, 6) is -1.40. The summed E-state index contributed by atoms with van der Waals surface area (Å²) in [7, 11) is -9.91. The van der Waals surface area contributed by atoms with Crippen molar-refractivity contribution in [2.75, 3.05) is 39.6 Å². The van der Waals surface area contributed by atoms with Crippen LogP contribution in [-0.4, -0.2) is 96.7 Å². The first kappa shape index (κ1) is 93.1. The van der Waals surface area contributed by atoms with Crippen molar-refractivity contribution in [2.24, 2.45) is 5.92 Å². The van der Waals surface area contributed by atoms with Gasteiger partial charge in [-0.2, -0.15) is 0 Å². The Bertz CT molecular complexity index is 1820.